The third kappa shape index (κ3) is 4.41. The van der Waals surface area contributed by atoms with E-state index >= 15 is 0 Å². The van der Waals surface area contributed by atoms with Crippen LogP contribution in [0.5, 0.6) is 5.75 Å². The molecule has 0 atom stereocenters. The second kappa shape index (κ2) is 7.72. The molecule has 0 fully saturated rings. The predicted octanol–water partition coefficient (Wildman–Crippen LogP) is 3.34. The summed E-state index contributed by atoms with van der Waals surface area (Å²) >= 11 is 1.16. The van der Waals surface area contributed by atoms with Crippen molar-refractivity contribution in [1.82, 2.24) is 4.98 Å². The number of sulfonamides is 1. The van der Waals surface area contributed by atoms with Gasteiger partial charge in [-0.15, -0.1) is 11.3 Å². The largest absolute Gasteiger partial charge is 0.495 e. The van der Waals surface area contributed by atoms with Gasteiger partial charge in [-0.25, -0.2) is 17.8 Å². The van der Waals surface area contributed by atoms with Crippen molar-refractivity contribution in [2.75, 3.05) is 17.1 Å². The van der Waals surface area contributed by atoms with Gasteiger partial charge in [-0.2, -0.15) is 0 Å². The zero-order valence-electron chi connectivity index (χ0n) is 14.0. The fourth-order valence-corrected chi connectivity index (χ4v) is 4.00. The van der Waals surface area contributed by atoms with Gasteiger partial charge in [0.2, 0.25) is 0 Å². The number of methoxy groups -OCH3 is 1. The average molecular weight is 407 g/mol. The second-order valence-corrected chi connectivity index (χ2v) is 7.81. The van der Waals surface area contributed by atoms with Crippen LogP contribution in [-0.2, 0) is 10.0 Å². The Bertz CT molecular complexity index is 1050. The first-order valence-electron chi connectivity index (χ1n) is 7.56. The number of benzene rings is 2. The van der Waals surface area contributed by atoms with Gasteiger partial charge in [0, 0.05) is 23.0 Å². The van der Waals surface area contributed by atoms with Crippen LogP contribution in [0, 0.1) is 5.82 Å². The molecule has 10 heteroatoms. The Kier molecular flexibility index (Phi) is 5.38. The third-order valence-corrected chi connectivity index (χ3v) is 5.61. The lowest BCUT2D eigenvalue weighted by Crippen LogP contribution is -2.16. The van der Waals surface area contributed by atoms with Gasteiger partial charge in [0.1, 0.15) is 16.5 Å². The van der Waals surface area contributed by atoms with Crippen LogP contribution in [0.3, 0.4) is 0 Å². The first-order chi connectivity index (χ1) is 12.9. The summed E-state index contributed by atoms with van der Waals surface area (Å²) in [6.07, 6.45) is 1.50. The minimum absolute atomic E-state index is 0.0943. The molecule has 0 unspecified atom stereocenters. The molecule has 3 aromatic rings. The molecule has 0 radical (unpaired) electrons. The molecule has 27 heavy (non-hydrogen) atoms. The predicted molar refractivity (Wildman–Crippen MR) is 100 cm³/mol. The summed E-state index contributed by atoms with van der Waals surface area (Å²) in [7, 11) is -2.71. The number of hydrogen-bond donors (Lipinski definition) is 2. The zero-order valence-corrected chi connectivity index (χ0v) is 15.6. The van der Waals surface area contributed by atoms with E-state index in [1.165, 1.54) is 43.6 Å². The van der Waals surface area contributed by atoms with Crippen LogP contribution in [0.15, 0.2) is 58.9 Å². The molecule has 7 nitrogen and oxygen atoms in total. The molecule has 3 rings (SSSR count). The Balaban J connectivity index is 1.90. The van der Waals surface area contributed by atoms with Crippen molar-refractivity contribution in [1.29, 1.82) is 0 Å². The molecule has 2 aromatic carbocycles. The van der Waals surface area contributed by atoms with Gasteiger partial charge in [-0.05, 0) is 42.5 Å². The van der Waals surface area contributed by atoms with E-state index in [1.54, 1.807) is 5.38 Å². The highest BCUT2D eigenvalue weighted by atomic mass is 32.2. The van der Waals surface area contributed by atoms with Crippen LogP contribution in [0.4, 0.5) is 15.8 Å². The van der Waals surface area contributed by atoms with Crippen molar-refractivity contribution in [3.63, 3.8) is 0 Å². The van der Waals surface area contributed by atoms with Gasteiger partial charge < -0.3 is 10.1 Å². The van der Waals surface area contributed by atoms with Crippen LogP contribution in [-0.4, -0.2) is 26.4 Å². The van der Waals surface area contributed by atoms with Crippen molar-refractivity contribution in [3.8, 4) is 5.75 Å². The highest BCUT2D eigenvalue weighted by Crippen LogP contribution is 2.29. The monoisotopic (exact) mass is 407 g/mol. The van der Waals surface area contributed by atoms with E-state index in [4.69, 9.17) is 4.74 Å². The fourth-order valence-electron chi connectivity index (χ4n) is 2.21. The van der Waals surface area contributed by atoms with Crippen LogP contribution >= 0.6 is 11.3 Å². The summed E-state index contributed by atoms with van der Waals surface area (Å²) in [5.41, 5.74) is 0.450. The Hall–Kier alpha value is -2.98. The first-order valence-corrected chi connectivity index (χ1v) is 9.92. The second-order valence-electron chi connectivity index (χ2n) is 5.27. The Morgan fingerprint density at radius 1 is 1.15 bits per heavy atom. The van der Waals surface area contributed by atoms with Gasteiger partial charge in [0.05, 0.1) is 7.11 Å². The molecule has 0 aliphatic carbocycles. The fraction of sp³-hybridized carbons (Fsp3) is 0.0588. The number of nitrogens with zero attached hydrogens (tertiary/aromatic N) is 1. The van der Waals surface area contributed by atoms with Gasteiger partial charge in [0.25, 0.3) is 15.9 Å². The van der Waals surface area contributed by atoms with Crippen molar-refractivity contribution >= 4 is 38.6 Å². The topological polar surface area (TPSA) is 97.4 Å². The molecular weight excluding hydrogens is 393 g/mol. The standard InChI is InChI=1S/C17H14FN3O4S2/c1-25-14-7-6-13(20-16(22)17-19-8-9-26-17)10-15(14)27(23,24)21-12-4-2-11(18)3-5-12/h2-10,21H,1H3,(H,20,22). The number of carbonyl (C=O) groups excluding carboxylic acids is 1. The zero-order chi connectivity index (χ0) is 19.4. The molecule has 140 valence electrons. The van der Waals surface area contributed by atoms with Gasteiger partial charge >= 0.3 is 0 Å². The van der Waals surface area contributed by atoms with E-state index in [9.17, 15) is 17.6 Å². The number of nitrogens with one attached hydrogen (secondary N) is 2. The minimum Gasteiger partial charge on any atom is -0.495 e. The van der Waals surface area contributed by atoms with E-state index < -0.39 is 21.7 Å². The summed E-state index contributed by atoms with van der Waals surface area (Å²) in [6, 6.07) is 9.09. The molecule has 0 spiro atoms. The molecule has 0 bridgehead atoms. The Morgan fingerprint density at radius 3 is 2.48 bits per heavy atom. The van der Waals surface area contributed by atoms with Crippen molar-refractivity contribution in [2.24, 2.45) is 0 Å². The van der Waals surface area contributed by atoms with E-state index in [0.717, 1.165) is 23.5 Å². The summed E-state index contributed by atoms with van der Waals surface area (Å²) < 4.78 is 45.9. The summed E-state index contributed by atoms with van der Waals surface area (Å²) in [4.78, 5) is 15.8. The molecule has 1 amide bonds. The highest BCUT2D eigenvalue weighted by molar-refractivity contribution is 7.92. The SMILES string of the molecule is COc1ccc(NC(=O)c2nccs2)cc1S(=O)(=O)Nc1ccc(F)cc1. The van der Waals surface area contributed by atoms with Crippen LogP contribution in [0.25, 0.3) is 0 Å². The number of hydrogen-bond acceptors (Lipinski definition) is 6. The number of amides is 1. The number of halogens is 1. The highest BCUT2D eigenvalue weighted by Gasteiger charge is 2.21. The third-order valence-electron chi connectivity index (χ3n) is 3.43. The molecule has 1 heterocycles. The lowest BCUT2D eigenvalue weighted by Gasteiger charge is -2.13. The molecule has 0 saturated carbocycles. The molecule has 0 saturated heterocycles. The summed E-state index contributed by atoms with van der Waals surface area (Å²) in [5.74, 6) is -0.843. The smallest absolute Gasteiger partial charge is 0.284 e. The molecule has 1 aromatic heterocycles. The van der Waals surface area contributed by atoms with Gasteiger partial charge in [-0.3, -0.25) is 9.52 Å². The quantitative estimate of drug-likeness (QED) is 0.653. The van der Waals surface area contributed by atoms with Crippen molar-refractivity contribution in [2.45, 2.75) is 4.90 Å². The van der Waals surface area contributed by atoms with Crippen LogP contribution < -0.4 is 14.8 Å². The Morgan fingerprint density at radius 2 is 1.85 bits per heavy atom. The minimum atomic E-state index is -4.04. The Labute approximate surface area is 158 Å². The van der Waals surface area contributed by atoms with Gasteiger partial charge in [-0.1, -0.05) is 0 Å². The van der Waals surface area contributed by atoms with Crippen LogP contribution in [0.2, 0.25) is 0 Å². The molecule has 0 aliphatic rings. The van der Waals surface area contributed by atoms with Crippen molar-refractivity contribution in [3.05, 3.63) is 64.9 Å². The van der Waals surface area contributed by atoms with E-state index in [2.05, 4.69) is 15.0 Å². The average Bonchev–Trinajstić information content (AvgIpc) is 3.18. The van der Waals surface area contributed by atoms with E-state index in [1.807, 2.05) is 0 Å². The summed E-state index contributed by atoms with van der Waals surface area (Å²) in [5, 5.41) is 4.50. The lowest BCUT2D eigenvalue weighted by atomic mass is 10.3. The number of aromatic nitrogens is 1. The normalized spacial score (nSPS) is 11.0. The van der Waals surface area contributed by atoms with Crippen molar-refractivity contribution < 1.29 is 22.3 Å². The maximum Gasteiger partial charge on any atom is 0.284 e. The number of anilines is 2. The number of rotatable bonds is 6. The number of ether oxygens (including phenoxy) is 1. The lowest BCUT2D eigenvalue weighted by molar-refractivity contribution is 0.102. The first kappa shape index (κ1) is 18.8. The van der Waals surface area contributed by atoms with E-state index in [-0.39, 0.29) is 27.0 Å². The van der Waals surface area contributed by atoms with E-state index in [0.29, 0.717) is 0 Å². The van der Waals surface area contributed by atoms with Gasteiger partial charge in [0.15, 0.2) is 5.01 Å². The number of carbonyl (C=O) groups is 1. The maximum absolute atomic E-state index is 13.0. The molecule has 0 aliphatic heterocycles. The van der Waals surface area contributed by atoms with Crippen LogP contribution in [0.1, 0.15) is 9.80 Å². The molecular formula is C17H14FN3O4S2. The maximum atomic E-state index is 13.0. The number of thiazole rings is 1. The molecule has 2 N–H and O–H groups in total. The summed E-state index contributed by atoms with van der Waals surface area (Å²) in [6.45, 7) is 0.